The molecule has 8 heteroatoms. The van der Waals surface area contributed by atoms with Gasteiger partial charge in [-0.3, -0.25) is 4.98 Å². The quantitative estimate of drug-likeness (QED) is 0.844. The highest BCUT2D eigenvalue weighted by atomic mass is 32.2. The van der Waals surface area contributed by atoms with Crippen molar-refractivity contribution >= 4 is 10.0 Å². The third kappa shape index (κ3) is 3.16. The van der Waals surface area contributed by atoms with Crippen LogP contribution in [0.5, 0.6) is 0 Å². The van der Waals surface area contributed by atoms with Crippen LogP contribution in [0.4, 0.5) is 13.2 Å². The van der Waals surface area contributed by atoms with E-state index >= 15 is 0 Å². The molecule has 1 aliphatic rings. The van der Waals surface area contributed by atoms with E-state index in [1.165, 1.54) is 10.4 Å². The molecule has 1 fully saturated rings. The lowest BCUT2D eigenvalue weighted by Crippen LogP contribution is -2.31. The minimum atomic E-state index is -4.58. The number of aromatic nitrogens is 1. The summed E-state index contributed by atoms with van der Waals surface area (Å²) < 4.78 is 65.5. The van der Waals surface area contributed by atoms with Crippen molar-refractivity contribution in [1.82, 2.24) is 9.29 Å². The topological polar surface area (TPSA) is 50.3 Å². The van der Waals surface area contributed by atoms with E-state index in [0.717, 1.165) is 17.7 Å². The monoisotopic (exact) mass is 356 g/mol. The number of hydrogen-bond donors (Lipinski definition) is 0. The summed E-state index contributed by atoms with van der Waals surface area (Å²) in [5, 5.41) is 0. The second-order valence-electron chi connectivity index (χ2n) is 5.59. The number of sulfonamides is 1. The van der Waals surface area contributed by atoms with Gasteiger partial charge in [0.1, 0.15) is 0 Å². The van der Waals surface area contributed by atoms with Crippen LogP contribution in [0.3, 0.4) is 0 Å². The third-order valence-corrected chi connectivity index (χ3v) is 5.94. The first-order valence-corrected chi connectivity index (χ1v) is 8.83. The van der Waals surface area contributed by atoms with Crippen LogP contribution in [-0.4, -0.2) is 24.3 Å². The average Bonchev–Trinajstić information content (AvgIpc) is 3.05. The maximum absolute atomic E-state index is 12.9. The number of halogens is 3. The van der Waals surface area contributed by atoms with Crippen molar-refractivity contribution in [3.63, 3.8) is 0 Å². The van der Waals surface area contributed by atoms with E-state index in [-0.39, 0.29) is 11.4 Å². The summed E-state index contributed by atoms with van der Waals surface area (Å²) in [4.78, 5) is 3.65. The number of hydrogen-bond acceptors (Lipinski definition) is 3. The van der Waals surface area contributed by atoms with E-state index < -0.39 is 27.8 Å². The smallest absolute Gasteiger partial charge is 0.264 e. The summed E-state index contributed by atoms with van der Waals surface area (Å²) >= 11 is 0. The minimum absolute atomic E-state index is 0.276. The lowest BCUT2D eigenvalue weighted by molar-refractivity contribution is -0.137. The molecule has 0 N–H and O–H groups in total. The van der Waals surface area contributed by atoms with Crippen LogP contribution in [0.25, 0.3) is 0 Å². The summed E-state index contributed by atoms with van der Waals surface area (Å²) in [6, 6.07) is 6.95. The van der Waals surface area contributed by atoms with Gasteiger partial charge in [0.2, 0.25) is 10.0 Å². The first kappa shape index (κ1) is 16.9. The van der Waals surface area contributed by atoms with E-state index in [1.807, 2.05) is 0 Å². The molecule has 0 spiro atoms. The highest BCUT2D eigenvalue weighted by molar-refractivity contribution is 7.89. The fourth-order valence-corrected chi connectivity index (χ4v) is 4.63. The van der Waals surface area contributed by atoms with Crippen LogP contribution in [-0.2, 0) is 16.2 Å². The fourth-order valence-electron chi connectivity index (χ4n) is 2.90. The lowest BCUT2D eigenvalue weighted by Gasteiger charge is -2.24. The van der Waals surface area contributed by atoms with Gasteiger partial charge in [0.15, 0.2) is 0 Å². The summed E-state index contributed by atoms with van der Waals surface area (Å²) in [5.74, 6) is 0. The Morgan fingerprint density at radius 2 is 1.96 bits per heavy atom. The molecule has 2 aromatic rings. The van der Waals surface area contributed by atoms with Crippen LogP contribution < -0.4 is 0 Å². The van der Waals surface area contributed by atoms with Gasteiger partial charge in [-0.2, -0.15) is 17.5 Å². The Kier molecular flexibility index (Phi) is 4.35. The third-order valence-electron chi connectivity index (χ3n) is 4.04. The SMILES string of the molecule is O=S(=O)(c1cccc(C(F)(F)F)c1)N1CCC[C@@H]1c1cccnc1. The first-order valence-electron chi connectivity index (χ1n) is 7.39. The molecular formula is C16H15F3N2O2S. The van der Waals surface area contributed by atoms with E-state index in [1.54, 1.807) is 24.5 Å². The van der Waals surface area contributed by atoms with Crippen molar-refractivity contribution in [1.29, 1.82) is 0 Å². The zero-order valence-electron chi connectivity index (χ0n) is 12.6. The van der Waals surface area contributed by atoms with Crippen molar-refractivity contribution in [2.24, 2.45) is 0 Å². The molecule has 2 heterocycles. The van der Waals surface area contributed by atoms with Crippen LogP contribution in [0.2, 0.25) is 0 Å². The molecule has 4 nitrogen and oxygen atoms in total. The zero-order chi connectivity index (χ0) is 17.4. The Bertz CT molecular complexity index is 823. The van der Waals surface area contributed by atoms with Crippen molar-refractivity contribution < 1.29 is 21.6 Å². The molecule has 0 amide bonds. The van der Waals surface area contributed by atoms with Crippen LogP contribution in [0.1, 0.15) is 30.0 Å². The van der Waals surface area contributed by atoms with Gasteiger partial charge in [0.25, 0.3) is 0 Å². The molecule has 1 saturated heterocycles. The summed E-state index contributed by atoms with van der Waals surface area (Å²) in [7, 11) is -4.01. The largest absolute Gasteiger partial charge is 0.416 e. The Morgan fingerprint density at radius 1 is 1.17 bits per heavy atom. The average molecular weight is 356 g/mol. The van der Waals surface area contributed by atoms with Gasteiger partial charge < -0.3 is 0 Å². The molecule has 3 rings (SSSR count). The predicted molar refractivity (Wildman–Crippen MR) is 81.5 cm³/mol. The van der Waals surface area contributed by atoms with Gasteiger partial charge in [-0.25, -0.2) is 8.42 Å². The van der Waals surface area contributed by atoms with Crippen molar-refractivity contribution in [2.45, 2.75) is 30.0 Å². The zero-order valence-corrected chi connectivity index (χ0v) is 13.4. The van der Waals surface area contributed by atoms with Crippen LogP contribution >= 0.6 is 0 Å². The van der Waals surface area contributed by atoms with Crippen LogP contribution in [0, 0.1) is 0 Å². The molecular weight excluding hydrogens is 341 g/mol. The highest BCUT2D eigenvalue weighted by Gasteiger charge is 2.38. The van der Waals surface area contributed by atoms with Gasteiger partial charge in [-0.15, -0.1) is 0 Å². The van der Waals surface area contributed by atoms with Gasteiger partial charge >= 0.3 is 6.18 Å². The maximum Gasteiger partial charge on any atom is 0.416 e. The van der Waals surface area contributed by atoms with Gasteiger partial charge in [-0.1, -0.05) is 12.1 Å². The number of nitrogens with zero attached hydrogens (tertiary/aromatic N) is 2. The van der Waals surface area contributed by atoms with Gasteiger partial charge in [0.05, 0.1) is 16.5 Å². The second kappa shape index (κ2) is 6.18. The number of rotatable bonds is 3. The molecule has 1 aliphatic heterocycles. The Hall–Kier alpha value is -1.93. The number of alkyl halides is 3. The molecule has 0 radical (unpaired) electrons. The number of pyridine rings is 1. The molecule has 24 heavy (non-hydrogen) atoms. The molecule has 0 bridgehead atoms. The minimum Gasteiger partial charge on any atom is -0.264 e. The van der Waals surface area contributed by atoms with Crippen LogP contribution in [0.15, 0.2) is 53.7 Å². The molecule has 128 valence electrons. The normalized spacial score (nSPS) is 19.5. The second-order valence-corrected chi connectivity index (χ2v) is 7.48. The van der Waals surface area contributed by atoms with Crippen molar-refractivity contribution in [3.8, 4) is 0 Å². The fraction of sp³-hybridized carbons (Fsp3) is 0.312. The molecule has 0 unspecified atom stereocenters. The first-order chi connectivity index (χ1) is 11.3. The van der Waals surface area contributed by atoms with Crippen molar-refractivity contribution in [3.05, 3.63) is 59.9 Å². The Balaban J connectivity index is 1.98. The molecule has 1 atom stereocenters. The highest BCUT2D eigenvalue weighted by Crippen LogP contribution is 2.37. The van der Waals surface area contributed by atoms with Gasteiger partial charge in [-0.05, 0) is 42.7 Å². The summed E-state index contributed by atoms with van der Waals surface area (Å²) in [6.45, 7) is 0.276. The molecule has 1 aromatic heterocycles. The molecule has 1 aromatic carbocycles. The van der Waals surface area contributed by atoms with Gasteiger partial charge in [0, 0.05) is 18.9 Å². The molecule has 0 saturated carbocycles. The van der Waals surface area contributed by atoms with Crippen molar-refractivity contribution in [2.75, 3.05) is 6.54 Å². The lowest BCUT2D eigenvalue weighted by atomic mass is 10.1. The summed E-state index contributed by atoms with van der Waals surface area (Å²) in [6.07, 6.45) is -0.143. The summed E-state index contributed by atoms with van der Waals surface area (Å²) in [5.41, 5.74) is -0.230. The predicted octanol–water partition coefficient (Wildman–Crippen LogP) is 3.63. The van der Waals surface area contributed by atoms with E-state index in [0.29, 0.717) is 18.9 Å². The molecule has 0 aliphatic carbocycles. The Labute approximate surface area is 138 Å². The van der Waals surface area contributed by atoms with E-state index in [2.05, 4.69) is 4.98 Å². The Morgan fingerprint density at radius 3 is 2.62 bits per heavy atom. The maximum atomic E-state index is 12.9. The standard InChI is InChI=1S/C16H15F3N2O2S/c17-16(18,19)13-5-1-6-14(10-13)24(22,23)21-9-3-7-15(21)12-4-2-8-20-11-12/h1-2,4-6,8,10-11,15H,3,7,9H2/t15-/m1/s1. The van der Waals surface area contributed by atoms with E-state index in [9.17, 15) is 21.6 Å². The number of benzene rings is 1. The van der Waals surface area contributed by atoms with E-state index in [4.69, 9.17) is 0 Å².